The van der Waals surface area contributed by atoms with Crippen molar-refractivity contribution in [3.8, 4) is 11.3 Å². The summed E-state index contributed by atoms with van der Waals surface area (Å²) in [4.78, 5) is 0. The van der Waals surface area contributed by atoms with Gasteiger partial charge in [0.1, 0.15) is 5.82 Å². The van der Waals surface area contributed by atoms with Crippen molar-refractivity contribution in [1.29, 1.82) is 0 Å². The summed E-state index contributed by atoms with van der Waals surface area (Å²) >= 11 is 3.53. The molecule has 0 saturated carbocycles. The number of unbranched alkanes of at least 4 members (excludes halogenated alkanes) is 1. The number of halogens is 2. The van der Waals surface area contributed by atoms with Crippen molar-refractivity contribution in [2.45, 2.75) is 26.3 Å². The molecule has 2 aromatic carbocycles. The Balaban J connectivity index is 2.17. The third kappa shape index (κ3) is 2.88. The van der Waals surface area contributed by atoms with E-state index < -0.39 is 0 Å². The summed E-state index contributed by atoms with van der Waals surface area (Å²) in [6.07, 6.45) is 2.28. The van der Waals surface area contributed by atoms with Crippen molar-refractivity contribution in [3.63, 3.8) is 0 Å². The Morgan fingerprint density at radius 3 is 2.52 bits per heavy atom. The SMILES string of the molecule is CCCCn1c(-c2ccc(F)cc2)cc2cc(Br)ccc21. The summed E-state index contributed by atoms with van der Waals surface area (Å²) in [5.41, 5.74) is 3.43. The minimum Gasteiger partial charge on any atom is -0.340 e. The molecule has 0 saturated heterocycles. The van der Waals surface area contributed by atoms with E-state index in [1.807, 2.05) is 12.1 Å². The van der Waals surface area contributed by atoms with Gasteiger partial charge in [-0.15, -0.1) is 0 Å². The summed E-state index contributed by atoms with van der Waals surface area (Å²) in [5, 5.41) is 1.21. The van der Waals surface area contributed by atoms with Gasteiger partial charge >= 0.3 is 0 Å². The van der Waals surface area contributed by atoms with Gasteiger partial charge in [-0.2, -0.15) is 0 Å². The fraction of sp³-hybridized carbons (Fsp3) is 0.222. The Morgan fingerprint density at radius 1 is 1.05 bits per heavy atom. The molecule has 0 amide bonds. The second kappa shape index (κ2) is 6.02. The van der Waals surface area contributed by atoms with Crippen LogP contribution in [-0.2, 0) is 6.54 Å². The maximum absolute atomic E-state index is 13.2. The van der Waals surface area contributed by atoms with Gasteiger partial charge in [0.2, 0.25) is 0 Å². The van der Waals surface area contributed by atoms with Crippen LogP contribution in [-0.4, -0.2) is 4.57 Å². The summed E-state index contributed by atoms with van der Waals surface area (Å²) in [7, 11) is 0. The van der Waals surface area contributed by atoms with E-state index in [4.69, 9.17) is 0 Å². The van der Waals surface area contributed by atoms with E-state index in [1.165, 1.54) is 23.0 Å². The Labute approximate surface area is 132 Å². The Hall–Kier alpha value is -1.61. The molecule has 3 aromatic rings. The number of rotatable bonds is 4. The molecule has 0 spiro atoms. The second-order valence-electron chi connectivity index (χ2n) is 5.24. The number of hydrogen-bond acceptors (Lipinski definition) is 0. The largest absolute Gasteiger partial charge is 0.340 e. The molecule has 1 nitrogen and oxygen atoms in total. The maximum Gasteiger partial charge on any atom is 0.123 e. The van der Waals surface area contributed by atoms with Gasteiger partial charge in [0.25, 0.3) is 0 Å². The van der Waals surface area contributed by atoms with Gasteiger partial charge in [0.15, 0.2) is 0 Å². The average Bonchev–Trinajstić information content (AvgIpc) is 2.83. The zero-order chi connectivity index (χ0) is 14.8. The van der Waals surface area contributed by atoms with Gasteiger partial charge in [-0.05, 0) is 60.5 Å². The molecule has 0 N–H and O–H groups in total. The van der Waals surface area contributed by atoms with Crippen molar-refractivity contribution < 1.29 is 4.39 Å². The first-order valence-corrected chi connectivity index (χ1v) is 8.03. The van der Waals surface area contributed by atoms with Crippen LogP contribution >= 0.6 is 15.9 Å². The van der Waals surface area contributed by atoms with Crippen LogP contribution < -0.4 is 0 Å². The number of benzene rings is 2. The quantitative estimate of drug-likeness (QED) is 0.545. The number of nitrogens with zero attached hydrogens (tertiary/aromatic N) is 1. The van der Waals surface area contributed by atoms with E-state index in [-0.39, 0.29) is 5.82 Å². The van der Waals surface area contributed by atoms with Crippen LogP contribution in [0.4, 0.5) is 4.39 Å². The molecular weight excluding hydrogens is 329 g/mol. The summed E-state index contributed by atoms with van der Waals surface area (Å²) in [6.45, 7) is 3.17. The fourth-order valence-corrected chi connectivity index (χ4v) is 3.04. The molecule has 3 rings (SSSR count). The fourth-order valence-electron chi connectivity index (χ4n) is 2.66. The average molecular weight is 346 g/mol. The van der Waals surface area contributed by atoms with Gasteiger partial charge < -0.3 is 4.57 Å². The molecule has 0 aliphatic carbocycles. The molecule has 108 valence electrons. The lowest BCUT2D eigenvalue weighted by atomic mass is 10.1. The van der Waals surface area contributed by atoms with E-state index in [0.717, 1.165) is 35.1 Å². The normalized spacial score (nSPS) is 11.2. The molecule has 0 atom stereocenters. The number of fused-ring (bicyclic) bond motifs is 1. The van der Waals surface area contributed by atoms with Crippen LogP contribution in [0.15, 0.2) is 53.0 Å². The minimum absolute atomic E-state index is 0.197. The van der Waals surface area contributed by atoms with Crippen molar-refractivity contribution in [1.82, 2.24) is 4.57 Å². The molecule has 0 fully saturated rings. The highest BCUT2D eigenvalue weighted by atomic mass is 79.9. The van der Waals surface area contributed by atoms with Crippen molar-refractivity contribution in [3.05, 3.63) is 58.8 Å². The molecule has 0 bridgehead atoms. The molecule has 0 aliphatic heterocycles. The summed E-state index contributed by atoms with van der Waals surface area (Å²) in [6, 6.07) is 15.3. The Bertz CT molecular complexity index is 759. The molecular formula is C18H17BrFN. The van der Waals surface area contributed by atoms with Crippen LogP contribution in [0.25, 0.3) is 22.2 Å². The van der Waals surface area contributed by atoms with Gasteiger partial charge in [0.05, 0.1) is 0 Å². The van der Waals surface area contributed by atoms with Gasteiger partial charge in [0, 0.05) is 27.6 Å². The van der Waals surface area contributed by atoms with E-state index in [0.29, 0.717) is 0 Å². The van der Waals surface area contributed by atoms with E-state index >= 15 is 0 Å². The monoisotopic (exact) mass is 345 g/mol. The summed E-state index contributed by atoms with van der Waals surface area (Å²) < 4.78 is 16.6. The minimum atomic E-state index is -0.197. The molecule has 3 heteroatoms. The highest BCUT2D eigenvalue weighted by molar-refractivity contribution is 9.10. The molecule has 0 unspecified atom stereocenters. The Morgan fingerprint density at radius 2 is 1.81 bits per heavy atom. The van der Waals surface area contributed by atoms with Crippen LogP contribution in [0.2, 0.25) is 0 Å². The third-order valence-corrected chi connectivity index (χ3v) is 4.23. The van der Waals surface area contributed by atoms with Crippen molar-refractivity contribution in [2.75, 3.05) is 0 Å². The molecule has 1 aromatic heterocycles. The standard InChI is InChI=1S/C18H17BrFN/c1-2-3-10-21-17-9-6-15(19)11-14(17)12-18(21)13-4-7-16(20)8-5-13/h4-9,11-12H,2-3,10H2,1H3. The van der Waals surface area contributed by atoms with E-state index in [1.54, 1.807) is 0 Å². The maximum atomic E-state index is 13.2. The van der Waals surface area contributed by atoms with Crippen LogP contribution in [0, 0.1) is 5.82 Å². The number of hydrogen-bond donors (Lipinski definition) is 0. The molecule has 21 heavy (non-hydrogen) atoms. The zero-order valence-corrected chi connectivity index (χ0v) is 13.5. The van der Waals surface area contributed by atoms with Gasteiger partial charge in [-0.3, -0.25) is 0 Å². The van der Waals surface area contributed by atoms with E-state index in [9.17, 15) is 4.39 Å². The topological polar surface area (TPSA) is 4.93 Å². The van der Waals surface area contributed by atoms with Crippen LogP contribution in [0.1, 0.15) is 19.8 Å². The van der Waals surface area contributed by atoms with Gasteiger partial charge in [-0.25, -0.2) is 4.39 Å². The van der Waals surface area contributed by atoms with Crippen LogP contribution in [0.3, 0.4) is 0 Å². The molecule has 0 aliphatic rings. The second-order valence-corrected chi connectivity index (χ2v) is 6.16. The number of aryl methyl sites for hydroxylation is 1. The first kappa shape index (κ1) is 14.3. The Kier molecular flexibility index (Phi) is 4.11. The van der Waals surface area contributed by atoms with Crippen molar-refractivity contribution >= 4 is 26.8 Å². The molecule has 0 radical (unpaired) electrons. The predicted molar refractivity (Wildman–Crippen MR) is 89.9 cm³/mol. The summed E-state index contributed by atoms with van der Waals surface area (Å²) in [5.74, 6) is -0.197. The van der Waals surface area contributed by atoms with Crippen molar-refractivity contribution in [2.24, 2.45) is 0 Å². The van der Waals surface area contributed by atoms with Crippen LogP contribution in [0.5, 0.6) is 0 Å². The number of aromatic nitrogens is 1. The lowest BCUT2D eigenvalue weighted by molar-refractivity contribution is 0.627. The lowest BCUT2D eigenvalue weighted by Crippen LogP contribution is -1.99. The smallest absolute Gasteiger partial charge is 0.123 e. The highest BCUT2D eigenvalue weighted by Gasteiger charge is 2.10. The highest BCUT2D eigenvalue weighted by Crippen LogP contribution is 2.30. The van der Waals surface area contributed by atoms with Gasteiger partial charge in [-0.1, -0.05) is 29.3 Å². The first-order chi connectivity index (χ1) is 10.2. The molecule has 1 heterocycles. The predicted octanol–water partition coefficient (Wildman–Crippen LogP) is 6.01. The van der Waals surface area contributed by atoms with E-state index in [2.05, 4.69) is 51.7 Å². The zero-order valence-electron chi connectivity index (χ0n) is 11.9. The third-order valence-electron chi connectivity index (χ3n) is 3.74. The lowest BCUT2D eigenvalue weighted by Gasteiger charge is -2.10. The first-order valence-electron chi connectivity index (χ1n) is 7.24.